The molecule has 0 aliphatic rings. The Labute approximate surface area is 100 Å². The Morgan fingerprint density at radius 3 is 2.31 bits per heavy atom. The predicted molar refractivity (Wildman–Crippen MR) is 70.2 cm³/mol. The maximum Gasteiger partial charge on any atom is 0.118 e. The summed E-state index contributed by atoms with van der Waals surface area (Å²) in [4.78, 5) is 1.29. The van der Waals surface area contributed by atoms with Crippen molar-refractivity contribution in [1.29, 1.82) is 0 Å². The molecule has 0 aromatic heterocycles. The van der Waals surface area contributed by atoms with Crippen LogP contribution in [0.4, 0.5) is 0 Å². The van der Waals surface area contributed by atoms with Gasteiger partial charge in [-0.1, -0.05) is 24.3 Å². The molecule has 0 fully saturated rings. The van der Waals surface area contributed by atoms with Crippen molar-refractivity contribution in [3.05, 3.63) is 48.5 Å². The first-order valence-electron chi connectivity index (χ1n) is 5.12. The van der Waals surface area contributed by atoms with Gasteiger partial charge in [-0.2, -0.15) is 0 Å². The molecule has 0 N–H and O–H groups in total. The van der Waals surface area contributed by atoms with E-state index in [0.29, 0.717) is 0 Å². The van der Waals surface area contributed by atoms with Crippen LogP contribution < -0.4 is 4.74 Å². The molecule has 2 aromatic carbocycles. The van der Waals surface area contributed by atoms with Crippen LogP contribution in [0.15, 0.2) is 53.4 Å². The van der Waals surface area contributed by atoms with Gasteiger partial charge in [-0.05, 0) is 41.6 Å². The Morgan fingerprint density at radius 1 is 0.938 bits per heavy atom. The van der Waals surface area contributed by atoms with Gasteiger partial charge in [0.25, 0.3) is 0 Å². The Morgan fingerprint density at radius 2 is 1.69 bits per heavy atom. The molecular weight excluding hydrogens is 216 g/mol. The summed E-state index contributed by atoms with van der Waals surface area (Å²) < 4.78 is 5.15. The SMILES string of the molecule is COc1ccc(-c2cccc(SC)c2)cc1. The van der Waals surface area contributed by atoms with E-state index in [9.17, 15) is 0 Å². The molecule has 0 saturated heterocycles. The van der Waals surface area contributed by atoms with Crippen molar-refractivity contribution in [2.24, 2.45) is 0 Å². The van der Waals surface area contributed by atoms with Crippen molar-refractivity contribution >= 4 is 11.8 Å². The summed E-state index contributed by atoms with van der Waals surface area (Å²) in [6.07, 6.45) is 2.09. The first-order valence-corrected chi connectivity index (χ1v) is 6.34. The highest BCUT2D eigenvalue weighted by Crippen LogP contribution is 2.25. The average Bonchev–Trinajstić information content (AvgIpc) is 2.39. The second kappa shape index (κ2) is 5.08. The van der Waals surface area contributed by atoms with Crippen LogP contribution in [0, 0.1) is 0 Å². The molecule has 0 unspecified atom stereocenters. The van der Waals surface area contributed by atoms with Crippen LogP contribution >= 0.6 is 11.8 Å². The molecule has 0 atom stereocenters. The fourth-order valence-corrected chi connectivity index (χ4v) is 2.05. The fourth-order valence-electron chi connectivity index (χ4n) is 1.59. The third-order valence-electron chi connectivity index (χ3n) is 2.49. The molecule has 0 bridgehead atoms. The topological polar surface area (TPSA) is 9.23 Å². The highest BCUT2D eigenvalue weighted by atomic mass is 32.2. The van der Waals surface area contributed by atoms with Crippen molar-refractivity contribution in [1.82, 2.24) is 0 Å². The lowest BCUT2D eigenvalue weighted by Gasteiger charge is -2.05. The van der Waals surface area contributed by atoms with Gasteiger partial charge in [0, 0.05) is 4.90 Å². The Hall–Kier alpha value is -1.41. The zero-order valence-electron chi connectivity index (χ0n) is 9.44. The van der Waals surface area contributed by atoms with Crippen LogP contribution in [0.1, 0.15) is 0 Å². The zero-order valence-corrected chi connectivity index (χ0v) is 10.3. The lowest BCUT2D eigenvalue weighted by molar-refractivity contribution is 0.415. The van der Waals surface area contributed by atoms with E-state index in [-0.39, 0.29) is 0 Å². The molecule has 16 heavy (non-hydrogen) atoms. The van der Waals surface area contributed by atoms with Gasteiger partial charge in [-0.15, -0.1) is 11.8 Å². The van der Waals surface area contributed by atoms with Crippen molar-refractivity contribution in [2.75, 3.05) is 13.4 Å². The number of methoxy groups -OCH3 is 1. The normalized spacial score (nSPS) is 10.1. The fraction of sp³-hybridized carbons (Fsp3) is 0.143. The molecular formula is C14H14OS. The van der Waals surface area contributed by atoms with Gasteiger partial charge < -0.3 is 4.74 Å². The van der Waals surface area contributed by atoms with Gasteiger partial charge in [0.2, 0.25) is 0 Å². The van der Waals surface area contributed by atoms with Crippen LogP contribution in [-0.4, -0.2) is 13.4 Å². The second-order valence-electron chi connectivity index (χ2n) is 3.46. The minimum Gasteiger partial charge on any atom is -0.497 e. The number of thioether (sulfide) groups is 1. The van der Waals surface area contributed by atoms with Gasteiger partial charge in [0.15, 0.2) is 0 Å². The number of hydrogen-bond acceptors (Lipinski definition) is 2. The first-order chi connectivity index (χ1) is 7.83. The Kier molecular flexibility index (Phi) is 3.52. The van der Waals surface area contributed by atoms with E-state index in [1.807, 2.05) is 12.1 Å². The highest BCUT2D eigenvalue weighted by Gasteiger charge is 1.99. The lowest BCUT2D eigenvalue weighted by atomic mass is 10.1. The van der Waals surface area contributed by atoms with E-state index >= 15 is 0 Å². The van der Waals surface area contributed by atoms with Gasteiger partial charge >= 0.3 is 0 Å². The van der Waals surface area contributed by atoms with Gasteiger partial charge in [-0.3, -0.25) is 0 Å². The van der Waals surface area contributed by atoms with Gasteiger partial charge in [-0.25, -0.2) is 0 Å². The van der Waals surface area contributed by atoms with E-state index in [1.54, 1.807) is 18.9 Å². The third kappa shape index (κ3) is 2.39. The van der Waals surface area contributed by atoms with Gasteiger partial charge in [0.1, 0.15) is 5.75 Å². The Balaban J connectivity index is 2.34. The molecule has 2 rings (SSSR count). The predicted octanol–water partition coefficient (Wildman–Crippen LogP) is 4.08. The quantitative estimate of drug-likeness (QED) is 0.735. The molecule has 0 aliphatic heterocycles. The maximum absolute atomic E-state index is 5.15. The number of ether oxygens (including phenoxy) is 1. The van der Waals surface area contributed by atoms with E-state index in [1.165, 1.54) is 16.0 Å². The van der Waals surface area contributed by atoms with Crippen LogP contribution in [-0.2, 0) is 0 Å². The summed E-state index contributed by atoms with van der Waals surface area (Å²) in [6, 6.07) is 16.7. The smallest absolute Gasteiger partial charge is 0.118 e. The molecule has 0 spiro atoms. The molecule has 82 valence electrons. The molecule has 2 heteroatoms. The summed E-state index contributed by atoms with van der Waals surface area (Å²) in [7, 11) is 1.68. The van der Waals surface area contributed by atoms with E-state index < -0.39 is 0 Å². The first kappa shape index (κ1) is 11.1. The summed E-state index contributed by atoms with van der Waals surface area (Å²) >= 11 is 1.76. The average molecular weight is 230 g/mol. The minimum absolute atomic E-state index is 0.893. The summed E-state index contributed by atoms with van der Waals surface area (Å²) in [6.45, 7) is 0. The monoisotopic (exact) mass is 230 g/mol. The van der Waals surface area contributed by atoms with E-state index in [4.69, 9.17) is 4.74 Å². The van der Waals surface area contributed by atoms with Crippen LogP contribution in [0.3, 0.4) is 0 Å². The second-order valence-corrected chi connectivity index (χ2v) is 4.34. The van der Waals surface area contributed by atoms with Crippen molar-refractivity contribution in [2.45, 2.75) is 4.90 Å². The lowest BCUT2D eigenvalue weighted by Crippen LogP contribution is -1.83. The molecule has 1 nitrogen and oxygen atoms in total. The van der Waals surface area contributed by atoms with Crippen molar-refractivity contribution in [3.8, 4) is 16.9 Å². The number of rotatable bonds is 3. The summed E-state index contributed by atoms with van der Waals surface area (Å²) in [5.74, 6) is 0.893. The maximum atomic E-state index is 5.15. The van der Waals surface area contributed by atoms with Crippen molar-refractivity contribution in [3.63, 3.8) is 0 Å². The molecule has 0 saturated carbocycles. The van der Waals surface area contributed by atoms with Crippen LogP contribution in [0.2, 0.25) is 0 Å². The summed E-state index contributed by atoms with van der Waals surface area (Å²) in [5.41, 5.74) is 2.46. The molecule has 2 aromatic rings. The van der Waals surface area contributed by atoms with Gasteiger partial charge in [0.05, 0.1) is 7.11 Å². The van der Waals surface area contributed by atoms with Crippen LogP contribution in [0.25, 0.3) is 11.1 Å². The minimum atomic E-state index is 0.893. The number of hydrogen-bond donors (Lipinski definition) is 0. The largest absolute Gasteiger partial charge is 0.497 e. The standard InChI is InChI=1S/C14H14OS/c1-15-13-8-6-11(7-9-13)12-4-3-5-14(10-12)16-2/h3-10H,1-2H3. The molecule has 0 radical (unpaired) electrons. The van der Waals surface area contributed by atoms with Crippen molar-refractivity contribution < 1.29 is 4.74 Å². The molecule has 0 amide bonds. The molecule has 0 heterocycles. The number of benzene rings is 2. The molecule has 0 aliphatic carbocycles. The zero-order chi connectivity index (χ0) is 11.4. The van der Waals surface area contributed by atoms with E-state index in [0.717, 1.165) is 5.75 Å². The van der Waals surface area contributed by atoms with E-state index in [2.05, 4.69) is 42.7 Å². The highest BCUT2D eigenvalue weighted by molar-refractivity contribution is 7.98. The third-order valence-corrected chi connectivity index (χ3v) is 3.22. The van der Waals surface area contributed by atoms with Crippen LogP contribution in [0.5, 0.6) is 5.75 Å². The summed E-state index contributed by atoms with van der Waals surface area (Å²) in [5, 5.41) is 0. The Bertz CT molecular complexity index is 462.